The third-order valence-electron chi connectivity index (χ3n) is 12.1. The van der Waals surface area contributed by atoms with Crippen LogP contribution in [0.25, 0.3) is 0 Å². The molecule has 6 rings (SSSR count). The maximum absolute atomic E-state index is 13.4. The molecule has 5 N–H and O–H groups in total. The number of ketones is 1. The van der Waals surface area contributed by atoms with Gasteiger partial charge in [-0.15, -0.1) is 0 Å². The van der Waals surface area contributed by atoms with Gasteiger partial charge in [0.15, 0.2) is 5.78 Å². The zero-order chi connectivity index (χ0) is 27.1. The van der Waals surface area contributed by atoms with Gasteiger partial charge in [-0.2, -0.15) is 0 Å². The van der Waals surface area contributed by atoms with Crippen molar-refractivity contribution in [2.24, 2.45) is 22.7 Å². The van der Waals surface area contributed by atoms with E-state index < -0.39 is 75.5 Å². The molecule has 6 aliphatic rings. The Morgan fingerprint density at radius 1 is 1.11 bits per heavy atom. The van der Waals surface area contributed by atoms with Crippen LogP contribution < -0.4 is 0 Å². The van der Waals surface area contributed by atoms with Crippen molar-refractivity contribution in [2.45, 2.75) is 114 Å². The number of ether oxygens (including phenoxy) is 2. The molecule has 12 atom stereocenters. The Labute approximate surface area is 216 Å². The van der Waals surface area contributed by atoms with Crippen LogP contribution >= 0.6 is 0 Å². The van der Waals surface area contributed by atoms with Crippen molar-refractivity contribution >= 4 is 11.8 Å². The zero-order valence-corrected chi connectivity index (χ0v) is 22.0. The number of aliphatic hydroxyl groups excluding tert-OH is 2. The standard InChI is InChI=1S/C28H38O9/c1-13-10-20(36-22(32)14(13)2)25(5,33)26(34)12-19(31)27(35)16-11-21-28(37-21)18(30)7-6-17(29)24(28,4)15(16)8-9-23(26,27)3/h6-7,15-16,18-21,30-31,33-35H,8-12H2,1-5H3/t15-,16+,18-,19-,20+,21+,23+,24-,25-,26-,27-,28+/m0/s1. The minimum Gasteiger partial charge on any atom is -0.455 e. The van der Waals surface area contributed by atoms with Crippen molar-refractivity contribution in [1.82, 2.24) is 0 Å². The Morgan fingerprint density at radius 2 is 1.78 bits per heavy atom. The normalized spacial score (nSPS) is 56.1. The molecule has 9 nitrogen and oxygen atoms in total. The van der Waals surface area contributed by atoms with Crippen LogP contribution in [-0.2, 0) is 19.1 Å². The van der Waals surface area contributed by atoms with Crippen LogP contribution in [0.5, 0.6) is 0 Å². The van der Waals surface area contributed by atoms with Gasteiger partial charge in [0.05, 0.1) is 17.6 Å². The third-order valence-corrected chi connectivity index (χ3v) is 12.1. The van der Waals surface area contributed by atoms with Crippen LogP contribution in [-0.4, -0.2) is 84.1 Å². The van der Waals surface area contributed by atoms with E-state index in [-0.39, 0.29) is 25.0 Å². The number of hydrogen-bond acceptors (Lipinski definition) is 9. The van der Waals surface area contributed by atoms with Gasteiger partial charge in [-0.25, -0.2) is 4.79 Å². The van der Waals surface area contributed by atoms with Crippen molar-refractivity contribution in [1.29, 1.82) is 0 Å². The lowest BCUT2D eigenvalue weighted by atomic mass is 9.42. The molecule has 204 valence electrons. The molecule has 0 aromatic carbocycles. The molecule has 0 radical (unpaired) electrons. The molecule has 0 aromatic heterocycles. The predicted molar refractivity (Wildman–Crippen MR) is 129 cm³/mol. The maximum Gasteiger partial charge on any atom is 0.334 e. The SMILES string of the molecule is CC1=C(C)C(=O)O[C@@H]([C@](C)(O)[C@]2(O)C[C@H](O)[C@@]3(O)[C@@H]4C[C@H]5O[C@]56[C@@H](O)C=CC(=O)[C@]6(C)[C@H]4CC[C@@]32C)C1. The summed E-state index contributed by atoms with van der Waals surface area (Å²) >= 11 is 0. The first-order valence-electron chi connectivity index (χ1n) is 13.3. The zero-order valence-electron chi connectivity index (χ0n) is 22.0. The first-order valence-corrected chi connectivity index (χ1v) is 13.3. The number of rotatable bonds is 2. The largest absolute Gasteiger partial charge is 0.455 e. The molecular formula is C28H38O9. The Hall–Kier alpha value is -1.62. The molecule has 2 aliphatic heterocycles. The van der Waals surface area contributed by atoms with Gasteiger partial charge < -0.3 is 35.0 Å². The summed E-state index contributed by atoms with van der Waals surface area (Å²) in [5.41, 5.74) is -8.19. The van der Waals surface area contributed by atoms with E-state index in [1.807, 2.05) is 0 Å². The molecule has 9 heteroatoms. The lowest BCUT2D eigenvalue weighted by Gasteiger charge is -2.63. The highest BCUT2D eigenvalue weighted by atomic mass is 16.6. The number of allylic oxidation sites excluding steroid dienone is 1. The molecule has 4 aliphatic carbocycles. The van der Waals surface area contributed by atoms with Gasteiger partial charge in [0.25, 0.3) is 0 Å². The summed E-state index contributed by atoms with van der Waals surface area (Å²) in [7, 11) is 0. The molecule has 0 bridgehead atoms. The summed E-state index contributed by atoms with van der Waals surface area (Å²) in [5, 5.41) is 59.1. The number of hydrogen-bond donors (Lipinski definition) is 5. The quantitative estimate of drug-likeness (QED) is 0.262. The van der Waals surface area contributed by atoms with Crippen LogP contribution in [0.1, 0.15) is 66.7 Å². The van der Waals surface area contributed by atoms with Gasteiger partial charge in [-0.3, -0.25) is 4.79 Å². The second-order valence-corrected chi connectivity index (χ2v) is 13.1. The number of esters is 1. The lowest BCUT2D eigenvalue weighted by molar-refractivity contribution is -0.287. The van der Waals surface area contributed by atoms with E-state index in [0.717, 1.165) is 5.57 Å². The number of carbonyl (C=O) groups is 2. The molecular weight excluding hydrogens is 480 g/mol. The molecule has 4 fully saturated rings. The number of aliphatic hydroxyl groups is 5. The molecule has 1 spiro atoms. The van der Waals surface area contributed by atoms with Crippen LogP contribution in [0.2, 0.25) is 0 Å². The van der Waals surface area contributed by atoms with E-state index in [1.54, 1.807) is 27.7 Å². The highest BCUT2D eigenvalue weighted by Gasteiger charge is 2.85. The van der Waals surface area contributed by atoms with E-state index >= 15 is 0 Å². The Bertz CT molecular complexity index is 1160. The van der Waals surface area contributed by atoms with E-state index in [2.05, 4.69) is 0 Å². The first-order chi connectivity index (χ1) is 17.0. The molecule has 1 saturated heterocycles. The number of carbonyl (C=O) groups excluding carboxylic acids is 2. The third kappa shape index (κ3) is 2.53. The summed E-state index contributed by atoms with van der Waals surface area (Å²) in [4.78, 5) is 25.8. The lowest BCUT2D eigenvalue weighted by Crippen LogP contribution is -2.74. The van der Waals surface area contributed by atoms with E-state index in [9.17, 15) is 35.1 Å². The number of fused-ring (bicyclic) bond motifs is 4. The number of epoxide rings is 1. The van der Waals surface area contributed by atoms with E-state index in [1.165, 1.54) is 19.1 Å². The fourth-order valence-electron chi connectivity index (χ4n) is 9.46. The highest BCUT2D eigenvalue weighted by molar-refractivity contribution is 5.98. The van der Waals surface area contributed by atoms with E-state index in [0.29, 0.717) is 18.4 Å². The predicted octanol–water partition coefficient (Wildman–Crippen LogP) is 0.696. The fourth-order valence-corrected chi connectivity index (χ4v) is 9.46. The Balaban J connectivity index is 1.42. The molecule has 3 saturated carbocycles. The van der Waals surface area contributed by atoms with Crippen molar-refractivity contribution in [3.63, 3.8) is 0 Å². The summed E-state index contributed by atoms with van der Waals surface area (Å²) < 4.78 is 11.6. The molecule has 0 aromatic rings. The average molecular weight is 519 g/mol. The molecule has 0 amide bonds. The van der Waals surface area contributed by atoms with Gasteiger partial charge in [0.2, 0.25) is 0 Å². The highest BCUT2D eigenvalue weighted by Crippen LogP contribution is 2.75. The van der Waals surface area contributed by atoms with Gasteiger partial charge >= 0.3 is 5.97 Å². The summed E-state index contributed by atoms with van der Waals surface area (Å²) in [6, 6.07) is 0. The molecule has 0 unspecified atom stereocenters. The topological polar surface area (TPSA) is 157 Å². The molecule has 2 heterocycles. The first kappa shape index (κ1) is 25.6. The van der Waals surface area contributed by atoms with Crippen LogP contribution in [0.15, 0.2) is 23.3 Å². The van der Waals surface area contributed by atoms with Gasteiger partial charge in [-0.1, -0.05) is 12.5 Å². The number of cyclic esters (lactones) is 1. The van der Waals surface area contributed by atoms with Crippen molar-refractivity contribution < 1.29 is 44.6 Å². The Kier molecular flexibility index (Phi) is 4.93. The second-order valence-electron chi connectivity index (χ2n) is 13.1. The van der Waals surface area contributed by atoms with Crippen LogP contribution in [0, 0.1) is 22.7 Å². The Morgan fingerprint density at radius 3 is 2.43 bits per heavy atom. The molecule has 37 heavy (non-hydrogen) atoms. The van der Waals surface area contributed by atoms with Gasteiger partial charge in [-0.05, 0) is 70.9 Å². The second kappa shape index (κ2) is 7.11. The van der Waals surface area contributed by atoms with Gasteiger partial charge in [0, 0.05) is 23.8 Å². The van der Waals surface area contributed by atoms with Crippen LogP contribution in [0.3, 0.4) is 0 Å². The monoisotopic (exact) mass is 518 g/mol. The van der Waals surface area contributed by atoms with E-state index in [4.69, 9.17) is 9.47 Å². The summed E-state index contributed by atoms with van der Waals surface area (Å²) in [6.07, 6.45) is -0.235. The maximum atomic E-state index is 13.4. The fraction of sp³-hybridized carbons (Fsp3) is 0.786. The minimum absolute atomic E-state index is 0.177. The minimum atomic E-state index is -2.01. The average Bonchev–Trinajstić information content (AvgIpc) is 3.54. The smallest absolute Gasteiger partial charge is 0.334 e. The van der Waals surface area contributed by atoms with Crippen molar-refractivity contribution in [2.75, 3.05) is 0 Å². The van der Waals surface area contributed by atoms with Crippen LogP contribution in [0.4, 0.5) is 0 Å². The van der Waals surface area contributed by atoms with Crippen molar-refractivity contribution in [3.05, 3.63) is 23.3 Å². The van der Waals surface area contributed by atoms with Crippen molar-refractivity contribution in [3.8, 4) is 0 Å². The summed E-state index contributed by atoms with van der Waals surface area (Å²) in [5.74, 6) is -1.79. The summed E-state index contributed by atoms with van der Waals surface area (Å²) in [6.45, 7) is 8.32. The van der Waals surface area contributed by atoms with Gasteiger partial charge in [0.1, 0.15) is 34.6 Å².